The van der Waals surface area contributed by atoms with Gasteiger partial charge in [0.25, 0.3) is 0 Å². The standard InChI is InChI=1S/C17H15FN4O2S/c18-16-7-11(5-6-15(16)13-8-20-17(19)21-9-13)14-4-2-1-3-12(14)10-22-25(23)24/h1-9,22H,10H2,(H,23,24)(H2,19,20,21). The van der Waals surface area contributed by atoms with Crippen molar-refractivity contribution in [3.63, 3.8) is 0 Å². The van der Waals surface area contributed by atoms with Crippen molar-refractivity contribution < 1.29 is 13.2 Å². The molecule has 0 saturated heterocycles. The van der Waals surface area contributed by atoms with Crippen molar-refractivity contribution in [3.05, 3.63) is 66.2 Å². The molecule has 0 radical (unpaired) electrons. The van der Waals surface area contributed by atoms with Crippen molar-refractivity contribution >= 4 is 17.2 Å². The van der Waals surface area contributed by atoms with Gasteiger partial charge in [0, 0.05) is 30.1 Å². The molecule has 0 amide bonds. The minimum Gasteiger partial charge on any atom is -0.368 e. The maximum atomic E-state index is 14.6. The number of aromatic nitrogens is 2. The average molecular weight is 358 g/mol. The molecule has 1 atom stereocenters. The number of benzene rings is 2. The van der Waals surface area contributed by atoms with E-state index in [2.05, 4.69) is 14.7 Å². The van der Waals surface area contributed by atoms with Crippen molar-refractivity contribution in [2.24, 2.45) is 0 Å². The Labute approximate surface area is 146 Å². The summed E-state index contributed by atoms with van der Waals surface area (Å²) < 4.78 is 36.7. The number of rotatable bonds is 5. The van der Waals surface area contributed by atoms with Gasteiger partial charge in [0.05, 0.1) is 0 Å². The van der Waals surface area contributed by atoms with Crippen LogP contribution in [0, 0.1) is 5.82 Å². The van der Waals surface area contributed by atoms with Gasteiger partial charge in [0.1, 0.15) is 5.82 Å². The zero-order valence-corrected chi connectivity index (χ0v) is 13.8. The second kappa shape index (κ2) is 7.47. The van der Waals surface area contributed by atoms with Gasteiger partial charge in [-0.1, -0.05) is 36.4 Å². The molecule has 25 heavy (non-hydrogen) atoms. The molecule has 2 aromatic carbocycles. The number of nitrogens with two attached hydrogens (primary N) is 1. The predicted molar refractivity (Wildman–Crippen MR) is 94.9 cm³/mol. The van der Waals surface area contributed by atoms with E-state index in [9.17, 15) is 8.60 Å². The lowest BCUT2D eigenvalue weighted by atomic mass is 9.97. The molecular formula is C17H15FN4O2S. The molecule has 8 heteroatoms. The molecule has 0 bridgehead atoms. The summed E-state index contributed by atoms with van der Waals surface area (Å²) in [6, 6.07) is 12.1. The molecule has 0 spiro atoms. The first-order valence-corrected chi connectivity index (χ1v) is 8.45. The van der Waals surface area contributed by atoms with Crippen molar-refractivity contribution in [3.8, 4) is 22.3 Å². The van der Waals surface area contributed by atoms with E-state index in [0.717, 1.165) is 11.1 Å². The second-order valence-electron chi connectivity index (χ2n) is 5.25. The number of nitrogens with zero attached hydrogens (tertiary/aromatic N) is 2. The molecule has 3 rings (SSSR count). The first kappa shape index (κ1) is 17.2. The van der Waals surface area contributed by atoms with Crippen LogP contribution in [0.1, 0.15) is 5.56 Å². The fourth-order valence-electron chi connectivity index (χ4n) is 2.49. The van der Waals surface area contributed by atoms with E-state index in [1.165, 1.54) is 18.5 Å². The molecule has 0 aliphatic heterocycles. The zero-order chi connectivity index (χ0) is 17.8. The molecule has 0 aliphatic rings. The van der Waals surface area contributed by atoms with Crippen LogP contribution in [-0.2, 0) is 17.8 Å². The van der Waals surface area contributed by atoms with Gasteiger partial charge >= 0.3 is 0 Å². The van der Waals surface area contributed by atoms with E-state index in [-0.39, 0.29) is 12.5 Å². The summed E-state index contributed by atoms with van der Waals surface area (Å²) in [5, 5.41) is 0. The summed E-state index contributed by atoms with van der Waals surface area (Å²) in [4.78, 5) is 7.74. The summed E-state index contributed by atoms with van der Waals surface area (Å²) >= 11 is -2.11. The Morgan fingerprint density at radius 3 is 2.48 bits per heavy atom. The maximum Gasteiger partial charge on any atom is 0.232 e. The normalized spacial score (nSPS) is 12.1. The van der Waals surface area contributed by atoms with Gasteiger partial charge in [-0.15, -0.1) is 0 Å². The number of hydrogen-bond acceptors (Lipinski definition) is 4. The third-order valence-electron chi connectivity index (χ3n) is 3.67. The summed E-state index contributed by atoms with van der Waals surface area (Å²) in [6.45, 7) is 0.189. The van der Waals surface area contributed by atoms with E-state index in [1.54, 1.807) is 12.1 Å². The van der Waals surface area contributed by atoms with Crippen LogP contribution >= 0.6 is 0 Å². The Kier molecular flexibility index (Phi) is 5.13. The van der Waals surface area contributed by atoms with Gasteiger partial charge < -0.3 is 5.73 Å². The molecule has 3 aromatic rings. The molecule has 0 saturated carbocycles. The minimum absolute atomic E-state index is 0.128. The molecule has 1 aromatic heterocycles. The second-order valence-corrected chi connectivity index (χ2v) is 6.04. The van der Waals surface area contributed by atoms with Crippen LogP contribution in [0.2, 0.25) is 0 Å². The van der Waals surface area contributed by atoms with Gasteiger partial charge in [-0.25, -0.2) is 23.3 Å². The summed E-state index contributed by atoms with van der Waals surface area (Å²) in [5.41, 5.74) is 8.58. The highest BCUT2D eigenvalue weighted by Crippen LogP contribution is 2.29. The van der Waals surface area contributed by atoms with Crippen LogP contribution in [-0.4, -0.2) is 18.7 Å². The number of nitrogen functional groups attached to an aromatic ring is 1. The Morgan fingerprint density at radius 1 is 1.08 bits per heavy atom. The lowest BCUT2D eigenvalue weighted by Gasteiger charge is -2.11. The summed E-state index contributed by atoms with van der Waals surface area (Å²) in [6.07, 6.45) is 2.93. The van der Waals surface area contributed by atoms with Crippen molar-refractivity contribution in [1.29, 1.82) is 0 Å². The lowest BCUT2D eigenvalue weighted by Crippen LogP contribution is -2.15. The van der Waals surface area contributed by atoms with E-state index >= 15 is 0 Å². The fraction of sp³-hybridized carbons (Fsp3) is 0.0588. The highest BCUT2D eigenvalue weighted by atomic mass is 32.2. The van der Waals surface area contributed by atoms with Gasteiger partial charge in [-0.3, -0.25) is 4.55 Å². The Balaban J connectivity index is 1.96. The average Bonchev–Trinajstić information content (AvgIpc) is 2.61. The fourth-order valence-corrected chi connectivity index (χ4v) is 2.77. The van der Waals surface area contributed by atoms with Gasteiger partial charge in [-0.2, -0.15) is 0 Å². The molecule has 1 unspecified atom stereocenters. The molecular weight excluding hydrogens is 343 g/mol. The topological polar surface area (TPSA) is 101 Å². The number of nitrogens with one attached hydrogen (secondary N) is 1. The monoisotopic (exact) mass is 358 g/mol. The minimum atomic E-state index is -2.11. The van der Waals surface area contributed by atoms with E-state index in [1.807, 2.05) is 24.3 Å². The SMILES string of the molecule is Nc1ncc(-c2ccc(-c3ccccc3CNS(=O)O)cc2F)cn1. The van der Waals surface area contributed by atoms with Gasteiger partial charge in [0.2, 0.25) is 17.2 Å². The van der Waals surface area contributed by atoms with Crippen molar-refractivity contribution in [2.45, 2.75) is 6.54 Å². The Morgan fingerprint density at radius 2 is 1.80 bits per heavy atom. The van der Waals surface area contributed by atoms with Crippen LogP contribution in [0.5, 0.6) is 0 Å². The van der Waals surface area contributed by atoms with Crippen LogP contribution in [0.15, 0.2) is 54.9 Å². The largest absolute Gasteiger partial charge is 0.368 e. The third-order valence-corrected chi connectivity index (χ3v) is 4.06. The van der Waals surface area contributed by atoms with E-state index in [4.69, 9.17) is 10.3 Å². The maximum absolute atomic E-state index is 14.6. The number of halogens is 1. The smallest absolute Gasteiger partial charge is 0.232 e. The summed E-state index contributed by atoms with van der Waals surface area (Å²) in [7, 11) is 0. The molecule has 0 fully saturated rings. The predicted octanol–water partition coefficient (Wildman–Crippen LogP) is 2.76. The van der Waals surface area contributed by atoms with E-state index < -0.39 is 17.1 Å². The zero-order valence-electron chi connectivity index (χ0n) is 13.0. The van der Waals surface area contributed by atoms with Crippen molar-refractivity contribution in [2.75, 3.05) is 5.73 Å². The summed E-state index contributed by atoms with van der Waals surface area (Å²) in [5.74, 6) is -0.289. The third kappa shape index (κ3) is 4.05. The van der Waals surface area contributed by atoms with Gasteiger partial charge in [0.15, 0.2) is 0 Å². The Bertz CT molecular complexity index is 919. The molecule has 1 heterocycles. The van der Waals surface area contributed by atoms with E-state index in [0.29, 0.717) is 16.7 Å². The quantitative estimate of drug-likeness (QED) is 0.609. The van der Waals surface area contributed by atoms with Crippen LogP contribution in [0.3, 0.4) is 0 Å². The highest BCUT2D eigenvalue weighted by Gasteiger charge is 2.11. The first-order valence-electron chi connectivity index (χ1n) is 7.34. The molecule has 6 nitrogen and oxygen atoms in total. The number of hydrogen-bond donors (Lipinski definition) is 3. The Hall–Kier alpha value is -2.68. The van der Waals surface area contributed by atoms with Gasteiger partial charge in [-0.05, 0) is 22.8 Å². The van der Waals surface area contributed by atoms with Crippen LogP contribution < -0.4 is 10.5 Å². The lowest BCUT2D eigenvalue weighted by molar-refractivity contribution is 0.549. The van der Waals surface area contributed by atoms with Crippen molar-refractivity contribution in [1.82, 2.24) is 14.7 Å². The highest BCUT2D eigenvalue weighted by molar-refractivity contribution is 7.77. The molecule has 4 N–H and O–H groups in total. The molecule has 0 aliphatic carbocycles. The van der Waals surface area contributed by atoms with Crippen LogP contribution in [0.4, 0.5) is 10.3 Å². The molecule has 128 valence electrons. The number of anilines is 1. The van der Waals surface area contributed by atoms with Crippen LogP contribution in [0.25, 0.3) is 22.3 Å². The first-order chi connectivity index (χ1) is 12.0.